The van der Waals surface area contributed by atoms with Crippen LogP contribution >= 0.6 is 0 Å². The summed E-state index contributed by atoms with van der Waals surface area (Å²) in [7, 11) is 3.34. The van der Waals surface area contributed by atoms with E-state index >= 15 is 0 Å². The zero-order valence-electron chi connectivity index (χ0n) is 13.8. The number of hydrogen-bond donors (Lipinski definition) is 3. The third kappa shape index (κ3) is 2.42. The van der Waals surface area contributed by atoms with Gasteiger partial charge in [0.25, 0.3) is 0 Å². The van der Waals surface area contributed by atoms with E-state index in [0.29, 0.717) is 22.8 Å². The molecule has 1 fully saturated rings. The second kappa shape index (κ2) is 5.68. The molecule has 3 aromatic heterocycles. The summed E-state index contributed by atoms with van der Waals surface area (Å²) in [4.78, 5) is 14.2. The maximum absolute atomic E-state index is 10.5. The van der Waals surface area contributed by atoms with Gasteiger partial charge < -0.3 is 20.3 Å². The van der Waals surface area contributed by atoms with E-state index in [1.807, 2.05) is 0 Å². The Kier molecular flexibility index (Phi) is 3.59. The molecule has 0 bridgehead atoms. The van der Waals surface area contributed by atoms with Gasteiger partial charge in [0.05, 0.1) is 13.4 Å². The van der Waals surface area contributed by atoms with Crippen molar-refractivity contribution >= 4 is 17.0 Å². The highest BCUT2D eigenvalue weighted by molar-refractivity contribution is 5.82. The maximum Gasteiger partial charge on any atom is 0.206 e. The van der Waals surface area contributed by atoms with E-state index in [-0.39, 0.29) is 5.82 Å². The van der Waals surface area contributed by atoms with E-state index in [2.05, 4.69) is 35.7 Å². The fourth-order valence-electron chi connectivity index (χ4n) is 2.90. The smallest absolute Gasteiger partial charge is 0.206 e. The molecule has 3 unspecified atom stereocenters. The molecule has 1 aliphatic rings. The normalized spacial score (nSPS) is 26.4. The van der Waals surface area contributed by atoms with Crippen LogP contribution in [0.3, 0.4) is 0 Å². The van der Waals surface area contributed by atoms with Crippen LogP contribution in [0, 0.1) is 6.92 Å². The van der Waals surface area contributed by atoms with Crippen molar-refractivity contribution in [2.45, 2.75) is 31.5 Å². The number of ether oxygens (including phenoxy) is 1. The van der Waals surface area contributed by atoms with Crippen molar-refractivity contribution in [3.63, 3.8) is 0 Å². The first-order chi connectivity index (χ1) is 12.0. The highest BCUT2D eigenvalue weighted by atomic mass is 16.6. The van der Waals surface area contributed by atoms with Gasteiger partial charge in [0.1, 0.15) is 18.0 Å². The molecule has 0 aliphatic carbocycles. The zero-order chi connectivity index (χ0) is 17.7. The van der Waals surface area contributed by atoms with Gasteiger partial charge in [0.2, 0.25) is 5.82 Å². The second-order valence-electron chi connectivity index (χ2n) is 5.76. The fraction of sp³-hybridized carbons (Fsp3) is 0.538. The van der Waals surface area contributed by atoms with Gasteiger partial charge in [-0.25, -0.2) is 15.0 Å². The summed E-state index contributed by atoms with van der Waals surface area (Å²) in [5.74, 6) is 1.31. The number of aliphatic hydroxyl groups excluding tert-OH is 2. The molecule has 1 aliphatic heterocycles. The van der Waals surface area contributed by atoms with Gasteiger partial charge in [-0.15, -0.1) is 10.2 Å². The summed E-state index contributed by atoms with van der Waals surface area (Å²) in [6.45, 7) is 1.75. The maximum atomic E-state index is 10.5. The van der Waals surface area contributed by atoms with Gasteiger partial charge in [0.15, 0.2) is 29.3 Å². The largest absolute Gasteiger partial charge is 0.387 e. The third-order valence-corrected chi connectivity index (χ3v) is 4.06. The predicted octanol–water partition coefficient (Wildman–Crippen LogP) is -1.31. The van der Waals surface area contributed by atoms with Gasteiger partial charge in [-0.05, 0) is 12.1 Å². The van der Waals surface area contributed by atoms with Crippen molar-refractivity contribution in [1.82, 2.24) is 39.7 Å². The Hall–Kier alpha value is -2.70. The number of hydrogen-bond acceptors (Lipinski definition) is 10. The van der Waals surface area contributed by atoms with E-state index < -0.39 is 24.5 Å². The Bertz CT molecular complexity index is 923. The predicted molar refractivity (Wildman–Crippen MR) is 83.3 cm³/mol. The van der Waals surface area contributed by atoms with Crippen molar-refractivity contribution in [3.05, 3.63) is 18.0 Å². The molecule has 4 rings (SSSR count). The molecule has 3 aromatic rings. The number of anilines is 1. The average Bonchev–Trinajstić information content (AvgIpc) is 3.26. The van der Waals surface area contributed by atoms with Crippen LogP contribution in [0.15, 0.2) is 6.33 Å². The van der Waals surface area contributed by atoms with Crippen LogP contribution in [-0.2, 0) is 11.8 Å². The average molecular weight is 347 g/mol. The van der Waals surface area contributed by atoms with Crippen molar-refractivity contribution < 1.29 is 14.9 Å². The van der Waals surface area contributed by atoms with Crippen LogP contribution in [0.5, 0.6) is 0 Å². The minimum Gasteiger partial charge on any atom is -0.387 e. The first kappa shape index (κ1) is 15.8. The van der Waals surface area contributed by atoms with E-state index in [1.165, 1.54) is 11.1 Å². The second-order valence-corrected chi connectivity index (χ2v) is 5.76. The zero-order valence-corrected chi connectivity index (χ0v) is 13.8. The number of aliphatic hydroxyl groups is 2. The Morgan fingerprint density at radius 2 is 2.04 bits per heavy atom. The topological polar surface area (TPSA) is 149 Å². The van der Waals surface area contributed by atoms with E-state index in [4.69, 9.17) is 4.74 Å². The lowest BCUT2D eigenvalue weighted by molar-refractivity contribution is -0.0384. The molecule has 0 saturated carbocycles. The first-order valence-electron chi connectivity index (χ1n) is 7.64. The van der Waals surface area contributed by atoms with E-state index in [0.717, 1.165) is 0 Å². The van der Waals surface area contributed by atoms with Crippen LogP contribution in [0.2, 0.25) is 0 Å². The summed E-state index contributed by atoms with van der Waals surface area (Å²) >= 11 is 0. The number of imidazole rings is 1. The molecule has 4 atom stereocenters. The first-order valence-corrected chi connectivity index (χ1v) is 7.64. The number of tetrazole rings is 1. The molecule has 25 heavy (non-hydrogen) atoms. The Morgan fingerprint density at radius 1 is 1.24 bits per heavy atom. The molecule has 0 spiro atoms. The summed E-state index contributed by atoms with van der Waals surface area (Å²) in [5, 5.41) is 35.4. The molecule has 4 heterocycles. The number of rotatable bonds is 3. The van der Waals surface area contributed by atoms with E-state index in [1.54, 1.807) is 25.6 Å². The molecule has 0 aromatic carbocycles. The van der Waals surface area contributed by atoms with Crippen molar-refractivity contribution in [1.29, 1.82) is 0 Å². The molecule has 3 N–H and O–H groups in total. The highest BCUT2D eigenvalue weighted by Crippen LogP contribution is 2.38. The van der Waals surface area contributed by atoms with Gasteiger partial charge in [-0.2, -0.15) is 4.80 Å². The lowest BCUT2D eigenvalue weighted by Gasteiger charge is -2.16. The van der Waals surface area contributed by atoms with Gasteiger partial charge in [-0.3, -0.25) is 4.57 Å². The summed E-state index contributed by atoms with van der Waals surface area (Å²) in [6.07, 6.45) is -2.73. The molecule has 0 radical (unpaired) electrons. The standard InChI is InChI=1S/C13H17N9O3/c1-5-16-10(14-2)6-12(17-5)22(4-15-6)13-8(24)7(23)9(25-13)11-18-20-21(3)19-11/h4,7-9,13,23-24H,1-3H3,(H,14,16,17)/t7?,8?,9-,13?/m0/s1. The summed E-state index contributed by atoms with van der Waals surface area (Å²) < 4.78 is 7.38. The molecule has 1 saturated heterocycles. The molecule has 12 nitrogen and oxygen atoms in total. The number of fused-ring (bicyclic) bond motifs is 1. The van der Waals surface area contributed by atoms with Gasteiger partial charge >= 0.3 is 0 Å². The van der Waals surface area contributed by atoms with Crippen LogP contribution in [-0.4, -0.2) is 69.2 Å². The van der Waals surface area contributed by atoms with Crippen LogP contribution < -0.4 is 5.32 Å². The highest BCUT2D eigenvalue weighted by Gasteiger charge is 2.47. The molecule has 132 valence electrons. The molecule has 0 amide bonds. The van der Waals surface area contributed by atoms with Crippen molar-refractivity contribution in [2.75, 3.05) is 12.4 Å². The summed E-state index contributed by atoms with van der Waals surface area (Å²) in [6, 6.07) is 0. The third-order valence-electron chi connectivity index (χ3n) is 4.06. The van der Waals surface area contributed by atoms with Crippen LogP contribution in [0.25, 0.3) is 11.2 Å². The Balaban J connectivity index is 1.75. The van der Waals surface area contributed by atoms with Crippen molar-refractivity contribution in [3.8, 4) is 0 Å². The van der Waals surface area contributed by atoms with Crippen molar-refractivity contribution in [2.24, 2.45) is 7.05 Å². The van der Waals surface area contributed by atoms with Gasteiger partial charge in [0, 0.05) is 7.05 Å². The minimum absolute atomic E-state index is 0.197. The molecular formula is C13H17N9O3. The van der Waals surface area contributed by atoms with Crippen LogP contribution in [0.4, 0.5) is 5.82 Å². The summed E-state index contributed by atoms with van der Waals surface area (Å²) in [5.41, 5.74) is 1.03. The monoisotopic (exact) mass is 347 g/mol. The quantitative estimate of drug-likeness (QED) is 0.521. The molecular weight excluding hydrogens is 330 g/mol. The molecule has 12 heteroatoms. The SMILES string of the molecule is CNc1nc(C)nc2c1ncn2C1O[C@H](c2nnn(C)n2)C(O)C1O. The Labute approximate surface area is 141 Å². The van der Waals surface area contributed by atoms with E-state index in [9.17, 15) is 10.2 Å². The minimum atomic E-state index is -1.21. The van der Waals surface area contributed by atoms with Crippen LogP contribution in [0.1, 0.15) is 24.0 Å². The number of aryl methyl sites for hydroxylation is 2. The Morgan fingerprint density at radius 3 is 2.72 bits per heavy atom. The lowest BCUT2D eigenvalue weighted by atomic mass is 10.1. The number of nitrogens with one attached hydrogen (secondary N) is 1. The lowest BCUT2D eigenvalue weighted by Crippen LogP contribution is -2.29. The number of nitrogens with zero attached hydrogens (tertiary/aromatic N) is 8. The number of aromatic nitrogens is 8. The fourth-order valence-corrected chi connectivity index (χ4v) is 2.90. The van der Waals surface area contributed by atoms with Gasteiger partial charge in [-0.1, -0.05) is 0 Å².